The number of carbonyl (C=O) groups is 2. The number of halogens is 1. The van der Waals surface area contributed by atoms with Crippen molar-refractivity contribution in [1.82, 2.24) is 9.80 Å². The zero-order valence-corrected chi connectivity index (χ0v) is 20.0. The van der Waals surface area contributed by atoms with Crippen LogP contribution < -0.4 is 19.5 Å². The van der Waals surface area contributed by atoms with Gasteiger partial charge in [0.05, 0.1) is 38.6 Å². The molecule has 1 N–H and O–H groups in total. The summed E-state index contributed by atoms with van der Waals surface area (Å²) in [4.78, 5) is 29.0. The first kappa shape index (κ1) is 24.7. The number of benzene rings is 2. The summed E-state index contributed by atoms with van der Waals surface area (Å²) >= 11 is 6.10. The lowest BCUT2D eigenvalue weighted by molar-refractivity contribution is -0.133. The van der Waals surface area contributed by atoms with E-state index in [4.69, 9.17) is 25.8 Å². The van der Waals surface area contributed by atoms with Crippen LogP contribution >= 0.6 is 11.6 Å². The highest BCUT2D eigenvalue weighted by Gasteiger charge is 2.23. The van der Waals surface area contributed by atoms with Gasteiger partial charge in [0.25, 0.3) is 0 Å². The van der Waals surface area contributed by atoms with Gasteiger partial charge in [0.15, 0.2) is 11.5 Å². The van der Waals surface area contributed by atoms with Crippen LogP contribution in [-0.2, 0) is 16.0 Å². The number of methoxy groups -OCH3 is 3. The molecule has 1 fully saturated rings. The molecule has 2 aromatic carbocycles. The first-order valence-electron chi connectivity index (χ1n) is 10.8. The smallest absolute Gasteiger partial charge is 0.238 e. The summed E-state index contributed by atoms with van der Waals surface area (Å²) < 4.78 is 16.1. The number of ether oxygens (including phenoxy) is 3. The number of rotatable bonds is 9. The number of anilines is 1. The molecule has 0 radical (unpaired) electrons. The summed E-state index contributed by atoms with van der Waals surface area (Å²) in [5, 5.41) is 3.34. The van der Waals surface area contributed by atoms with E-state index < -0.39 is 0 Å². The number of aryl methyl sites for hydroxylation is 1. The van der Waals surface area contributed by atoms with Crippen molar-refractivity contribution in [3.05, 3.63) is 47.0 Å². The van der Waals surface area contributed by atoms with Crippen LogP contribution in [-0.4, -0.2) is 75.7 Å². The molecule has 0 atom stereocenters. The second-order valence-corrected chi connectivity index (χ2v) is 8.13. The maximum Gasteiger partial charge on any atom is 0.238 e. The van der Waals surface area contributed by atoms with E-state index in [1.807, 2.05) is 34.1 Å². The van der Waals surface area contributed by atoms with E-state index in [1.165, 1.54) is 0 Å². The van der Waals surface area contributed by atoms with Gasteiger partial charge >= 0.3 is 0 Å². The maximum atomic E-state index is 12.7. The molecule has 0 aromatic heterocycles. The molecule has 9 heteroatoms. The quantitative estimate of drug-likeness (QED) is 0.600. The Balaban J connectivity index is 1.47. The van der Waals surface area contributed by atoms with Crippen molar-refractivity contribution in [2.45, 2.75) is 12.8 Å². The highest BCUT2D eigenvalue weighted by Crippen LogP contribution is 2.38. The first-order valence-corrected chi connectivity index (χ1v) is 11.2. The number of hydrogen-bond acceptors (Lipinski definition) is 6. The van der Waals surface area contributed by atoms with Crippen LogP contribution in [0.25, 0.3) is 0 Å². The van der Waals surface area contributed by atoms with Crippen molar-refractivity contribution < 1.29 is 23.8 Å². The summed E-state index contributed by atoms with van der Waals surface area (Å²) in [5.74, 6) is 1.64. The third-order valence-corrected chi connectivity index (χ3v) is 5.92. The van der Waals surface area contributed by atoms with Crippen LogP contribution in [0.15, 0.2) is 36.4 Å². The molecule has 0 unspecified atom stereocenters. The molecule has 8 nitrogen and oxygen atoms in total. The van der Waals surface area contributed by atoms with Gasteiger partial charge in [-0.25, -0.2) is 0 Å². The minimum atomic E-state index is -0.120. The second kappa shape index (κ2) is 11.8. The molecule has 1 saturated heterocycles. The van der Waals surface area contributed by atoms with E-state index in [9.17, 15) is 9.59 Å². The summed E-state index contributed by atoms with van der Waals surface area (Å²) in [7, 11) is 4.70. The van der Waals surface area contributed by atoms with Gasteiger partial charge in [-0.3, -0.25) is 14.5 Å². The van der Waals surface area contributed by atoms with E-state index in [0.29, 0.717) is 67.0 Å². The molecule has 1 heterocycles. The zero-order valence-electron chi connectivity index (χ0n) is 19.2. The van der Waals surface area contributed by atoms with Gasteiger partial charge in [-0.1, -0.05) is 23.7 Å². The van der Waals surface area contributed by atoms with E-state index in [1.54, 1.807) is 33.5 Å². The predicted molar refractivity (Wildman–Crippen MR) is 128 cm³/mol. The summed E-state index contributed by atoms with van der Waals surface area (Å²) in [6, 6.07) is 10.9. The Morgan fingerprint density at radius 3 is 2.18 bits per heavy atom. The van der Waals surface area contributed by atoms with Crippen molar-refractivity contribution in [2.75, 3.05) is 59.4 Å². The van der Waals surface area contributed by atoms with Crippen LogP contribution in [0.4, 0.5) is 5.69 Å². The molecule has 178 valence electrons. The van der Waals surface area contributed by atoms with Crippen LogP contribution in [0.1, 0.15) is 12.0 Å². The average molecular weight is 476 g/mol. The number of hydrogen-bond donors (Lipinski definition) is 1. The first-order chi connectivity index (χ1) is 15.9. The van der Waals surface area contributed by atoms with Gasteiger partial charge in [-0.2, -0.15) is 0 Å². The topological polar surface area (TPSA) is 80.3 Å². The average Bonchev–Trinajstić information content (AvgIpc) is 2.83. The zero-order chi connectivity index (χ0) is 23.8. The molecular weight excluding hydrogens is 446 g/mol. The molecule has 1 aliphatic heterocycles. The fourth-order valence-electron chi connectivity index (χ4n) is 3.80. The lowest BCUT2D eigenvalue weighted by Gasteiger charge is -2.34. The highest BCUT2D eigenvalue weighted by atomic mass is 35.5. The molecule has 2 aromatic rings. The maximum absolute atomic E-state index is 12.7. The highest BCUT2D eigenvalue weighted by molar-refractivity contribution is 6.33. The van der Waals surface area contributed by atoms with E-state index in [-0.39, 0.29) is 18.4 Å². The number of nitrogens with one attached hydrogen (secondary N) is 1. The fourth-order valence-corrected chi connectivity index (χ4v) is 3.98. The fraction of sp³-hybridized carbons (Fsp3) is 0.417. The number of carbonyl (C=O) groups excluding carboxylic acids is 2. The Labute approximate surface area is 199 Å². The molecule has 2 amide bonds. The number of amides is 2. The lowest BCUT2D eigenvalue weighted by Crippen LogP contribution is -2.50. The Bertz CT molecular complexity index is 951. The molecule has 1 aliphatic rings. The molecule has 0 aliphatic carbocycles. The van der Waals surface area contributed by atoms with Crippen molar-refractivity contribution in [2.24, 2.45) is 0 Å². The van der Waals surface area contributed by atoms with Gasteiger partial charge in [0, 0.05) is 32.6 Å². The van der Waals surface area contributed by atoms with Gasteiger partial charge in [0.1, 0.15) is 0 Å². The molecule has 3 rings (SSSR count). The molecule has 0 bridgehead atoms. The van der Waals surface area contributed by atoms with Gasteiger partial charge in [0.2, 0.25) is 17.6 Å². The Morgan fingerprint density at radius 1 is 0.970 bits per heavy atom. The van der Waals surface area contributed by atoms with Crippen molar-refractivity contribution in [3.63, 3.8) is 0 Å². The van der Waals surface area contributed by atoms with Crippen molar-refractivity contribution >= 4 is 29.1 Å². The Kier molecular flexibility index (Phi) is 8.79. The Morgan fingerprint density at radius 2 is 1.61 bits per heavy atom. The van der Waals surface area contributed by atoms with Crippen LogP contribution in [0.3, 0.4) is 0 Å². The number of para-hydroxylation sites is 1. The van der Waals surface area contributed by atoms with Crippen molar-refractivity contribution in [3.8, 4) is 17.2 Å². The Hall–Kier alpha value is -2.97. The molecular formula is C24H30ClN3O5. The normalized spacial score (nSPS) is 14.0. The largest absolute Gasteiger partial charge is 0.493 e. The van der Waals surface area contributed by atoms with E-state index >= 15 is 0 Å². The number of piperazine rings is 1. The third kappa shape index (κ3) is 6.52. The van der Waals surface area contributed by atoms with E-state index in [2.05, 4.69) is 5.32 Å². The monoisotopic (exact) mass is 475 g/mol. The standard InChI is InChI=1S/C24H30ClN3O5/c1-31-20-14-17(15-21(32-2)24(20)33-3)8-9-23(30)28-12-10-27(11-13-28)16-22(29)26-19-7-5-4-6-18(19)25/h4-7,14-15H,8-13,16H2,1-3H3,(H,26,29). The minimum Gasteiger partial charge on any atom is -0.493 e. The summed E-state index contributed by atoms with van der Waals surface area (Å²) in [6.07, 6.45) is 0.946. The lowest BCUT2D eigenvalue weighted by atomic mass is 10.1. The molecule has 0 spiro atoms. The molecule has 0 saturated carbocycles. The van der Waals surface area contributed by atoms with Crippen LogP contribution in [0.2, 0.25) is 5.02 Å². The van der Waals surface area contributed by atoms with Crippen LogP contribution in [0.5, 0.6) is 17.2 Å². The minimum absolute atomic E-state index is 0.0870. The van der Waals surface area contributed by atoms with Gasteiger partial charge in [-0.05, 0) is 36.2 Å². The second-order valence-electron chi connectivity index (χ2n) is 7.72. The van der Waals surface area contributed by atoms with Gasteiger partial charge in [-0.15, -0.1) is 0 Å². The van der Waals surface area contributed by atoms with Crippen molar-refractivity contribution in [1.29, 1.82) is 0 Å². The molecule has 33 heavy (non-hydrogen) atoms. The van der Waals surface area contributed by atoms with Gasteiger partial charge < -0.3 is 24.4 Å². The summed E-state index contributed by atoms with van der Waals surface area (Å²) in [5.41, 5.74) is 1.54. The summed E-state index contributed by atoms with van der Waals surface area (Å²) in [6.45, 7) is 2.73. The predicted octanol–water partition coefficient (Wildman–Crippen LogP) is 3.08. The third-order valence-electron chi connectivity index (χ3n) is 5.59. The van der Waals surface area contributed by atoms with Crippen LogP contribution in [0, 0.1) is 0 Å². The number of nitrogens with zero attached hydrogens (tertiary/aromatic N) is 2. The van der Waals surface area contributed by atoms with E-state index in [0.717, 1.165) is 5.56 Å². The SMILES string of the molecule is COc1cc(CCC(=O)N2CCN(CC(=O)Nc3ccccc3Cl)CC2)cc(OC)c1OC.